The van der Waals surface area contributed by atoms with Gasteiger partial charge in [-0.05, 0) is 29.7 Å². The molecule has 25 heavy (non-hydrogen) atoms. The monoisotopic (exact) mass is 347 g/mol. The lowest BCUT2D eigenvalue weighted by atomic mass is 9.99. The normalized spacial score (nSPS) is 15.4. The van der Waals surface area contributed by atoms with Crippen LogP contribution in [0.25, 0.3) is 0 Å². The second kappa shape index (κ2) is 8.00. The fourth-order valence-corrected chi connectivity index (χ4v) is 2.87. The van der Waals surface area contributed by atoms with Crippen LogP contribution in [-0.4, -0.2) is 51.9 Å². The Morgan fingerprint density at radius 3 is 3.08 bits per heavy atom. The molecule has 0 bridgehead atoms. The summed E-state index contributed by atoms with van der Waals surface area (Å²) in [5, 5.41) is 20.7. The molecule has 2 heterocycles. The standard InChI is InChI=1S/C17H21N3O5/c21-14(6-19-17(22)23)9-20-4-3-12-5-15(2-1-13(12)8-20)24-10-16-7-18-11-25-16/h1-2,5,7,11,14,19,21H,3-4,6,8-10H2,(H,22,23). The highest BCUT2D eigenvalue weighted by atomic mass is 16.5. The van der Waals surface area contributed by atoms with Crippen LogP contribution in [0.1, 0.15) is 16.9 Å². The number of β-amino-alcohol motifs (C(OH)–C–C–N with tert-alkyl or cyclic N) is 1. The van der Waals surface area contributed by atoms with E-state index in [9.17, 15) is 9.90 Å². The van der Waals surface area contributed by atoms with Crippen molar-refractivity contribution in [1.82, 2.24) is 15.2 Å². The van der Waals surface area contributed by atoms with E-state index in [1.165, 1.54) is 17.5 Å². The Hall–Kier alpha value is -2.58. The third-order valence-corrected chi connectivity index (χ3v) is 4.09. The van der Waals surface area contributed by atoms with Gasteiger partial charge in [0.25, 0.3) is 0 Å². The summed E-state index contributed by atoms with van der Waals surface area (Å²) >= 11 is 0. The summed E-state index contributed by atoms with van der Waals surface area (Å²) in [6.07, 6.45) is 2.01. The minimum Gasteiger partial charge on any atom is -0.486 e. The smallest absolute Gasteiger partial charge is 0.404 e. The van der Waals surface area contributed by atoms with E-state index in [0.29, 0.717) is 18.9 Å². The quantitative estimate of drug-likeness (QED) is 0.691. The zero-order chi connectivity index (χ0) is 17.6. The lowest BCUT2D eigenvalue weighted by Gasteiger charge is -2.30. The molecule has 134 valence electrons. The van der Waals surface area contributed by atoms with Gasteiger partial charge in [-0.1, -0.05) is 6.07 Å². The summed E-state index contributed by atoms with van der Waals surface area (Å²) in [5.41, 5.74) is 2.42. The Kier molecular flexibility index (Phi) is 5.52. The number of aliphatic hydroxyl groups is 1. The van der Waals surface area contributed by atoms with Crippen molar-refractivity contribution in [3.63, 3.8) is 0 Å². The topological polar surface area (TPSA) is 108 Å². The van der Waals surface area contributed by atoms with E-state index in [0.717, 1.165) is 25.3 Å². The van der Waals surface area contributed by atoms with Crippen LogP contribution >= 0.6 is 0 Å². The van der Waals surface area contributed by atoms with Gasteiger partial charge >= 0.3 is 6.09 Å². The van der Waals surface area contributed by atoms with E-state index in [1.54, 1.807) is 6.20 Å². The lowest BCUT2D eigenvalue weighted by molar-refractivity contribution is 0.102. The van der Waals surface area contributed by atoms with E-state index in [2.05, 4.69) is 15.2 Å². The van der Waals surface area contributed by atoms with Crippen molar-refractivity contribution < 1.29 is 24.2 Å². The van der Waals surface area contributed by atoms with Gasteiger partial charge < -0.3 is 24.7 Å². The number of nitrogens with zero attached hydrogens (tertiary/aromatic N) is 2. The first kappa shape index (κ1) is 17.2. The van der Waals surface area contributed by atoms with Gasteiger partial charge in [0.15, 0.2) is 12.2 Å². The Morgan fingerprint density at radius 2 is 2.32 bits per heavy atom. The molecule has 1 amide bonds. The molecule has 1 aromatic carbocycles. The number of hydrogen-bond donors (Lipinski definition) is 3. The number of fused-ring (bicyclic) bond motifs is 1. The number of hydrogen-bond acceptors (Lipinski definition) is 6. The van der Waals surface area contributed by atoms with Crippen LogP contribution < -0.4 is 10.1 Å². The van der Waals surface area contributed by atoms with Crippen molar-refractivity contribution in [2.75, 3.05) is 19.6 Å². The van der Waals surface area contributed by atoms with Crippen LogP contribution in [0.2, 0.25) is 0 Å². The number of oxazole rings is 1. The van der Waals surface area contributed by atoms with E-state index in [1.807, 2.05) is 18.2 Å². The first-order valence-corrected chi connectivity index (χ1v) is 8.09. The molecule has 1 aliphatic rings. The maximum atomic E-state index is 10.5. The van der Waals surface area contributed by atoms with Crippen LogP contribution in [0.4, 0.5) is 4.79 Å². The van der Waals surface area contributed by atoms with Crippen molar-refractivity contribution in [2.24, 2.45) is 0 Å². The first-order chi connectivity index (χ1) is 12.1. The van der Waals surface area contributed by atoms with Gasteiger partial charge in [-0.3, -0.25) is 4.90 Å². The van der Waals surface area contributed by atoms with Gasteiger partial charge in [-0.25, -0.2) is 9.78 Å². The molecule has 0 aliphatic carbocycles. The molecule has 8 nitrogen and oxygen atoms in total. The predicted octanol–water partition coefficient (Wildman–Crippen LogP) is 1.24. The third kappa shape index (κ3) is 4.94. The van der Waals surface area contributed by atoms with Gasteiger partial charge in [-0.15, -0.1) is 0 Å². The van der Waals surface area contributed by atoms with Crippen molar-refractivity contribution >= 4 is 6.09 Å². The van der Waals surface area contributed by atoms with Gasteiger partial charge in [-0.2, -0.15) is 0 Å². The molecule has 0 saturated carbocycles. The zero-order valence-corrected chi connectivity index (χ0v) is 13.7. The number of aromatic nitrogens is 1. The van der Waals surface area contributed by atoms with Crippen molar-refractivity contribution in [3.05, 3.63) is 47.7 Å². The summed E-state index contributed by atoms with van der Waals surface area (Å²) in [4.78, 5) is 16.4. The van der Waals surface area contributed by atoms with Crippen LogP contribution in [0.15, 0.2) is 35.2 Å². The molecule has 0 radical (unpaired) electrons. The molecule has 0 saturated heterocycles. The summed E-state index contributed by atoms with van der Waals surface area (Å²) in [6.45, 7) is 2.34. The average Bonchev–Trinajstić information content (AvgIpc) is 3.11. The highest BCUT2D eigenvalue weighted by Crippen LogP contribution is 2.24. The Labute approximate surface area is 145 Å². The number of amides is 1. The summed E-state index contributed by atoms with van der Waals surface area (Å²) in [6, 6.07) is 5.98. The number of carboxylic acid groups (broad SMARTS) is 1. The largest absolute Gasteiger partial charge is 0.486 e. The van der Waals surface area contributed by atoms with E-state index >= 15 is 0 Å². The van der Waals surface area contributed by atoms with E-state index < -0.39 is 12.2 Å². The van der Waals surface area contributed by atoms with Gasteiger partial charge in [0.2, 0.25) is 0 Å². The first-order valence-electron chi connectivity index (χ1n) is 8.09. The molecule has 2 aromatic rings. The van der Waals surface area contributed by atoms with Crippen LogP contribution in [0.5, 0.6) is 5.75 Å². The molecule has 1 atom stereocenters. The summed E-state index contributed by atoms with van der Waals surface area (Å²) in [5.74, 6) is 1.46. The van der Waals surface area contributed by atoms with Gasteiger partial charge in [0, 0.05) is 26.2 Å². The number of carbonyl (C=O) groups is 1. The fourth-order valence-electron chi connectivity index (χ4n) is 2.87. The molecule has 3 N–H and O–H groups in total. The fraction of sp³-hybridized carbons (Fsp3) is 0.412. The van der Waals surface area contributed by atoms with Crippen LogP contribution in [-0.2, 0) is 19.6 Å². The van der Waals surface area contributed by atoms with Crippen molar-refractivity contribution in [1.29, 1.82) is 0 Å². The zero-order valence-electron chi connectivity index (χ0n) is 13.7. The molecule has 1 aliphatic heterocycles. The van der Waals surface area contributed by atoms with Crippen molar-refractivity contribution in [3.8, 4) is 5.75 Å². The average molecular weight is 347 g/mol. The van der Waals surface area contributed by atoms with Crippen molar-refractivity contribution in [2.45, 2.75) is 25.7 Å². The maximum absolute atomic E-state index is 10.5. The maximum Gasteiger partial charge on any atom is 0.404 e. The molecular formula is C17H21N3O5. The van der Waals surface area contributed by atoms with Gasteiger partial charge in [0.05, 0.1) is 12.3 Å². The minimum atomic E-state index is -1.12. The summed E-state index contributed by atoms with van der Waals surface area (Å²) in [7, 11) is 0. The second-order valence-electron chi connectivity index (χ2n) is 6.01. The number of benzene rings is 1. The summed E-state index contributed by atoms with van der Waals surface area (Å²) < 4.78 is 10.9. The Morgan fingerprint density at radius 1 is 1.44 bits per heavy atom. The number of nitrogens with one attached hydrogen (secondary N) is 1. The molecule has 0 spiro atoms. The molecule has 1 unspecified atom stereocenters. The molecular weight excluding hydrogens is 326 g/mol. The molecule has 3 rings (SSSR count). The Balaban J connectivity index is 1.52. The second-order valence-corrected chi connectivity index (χ2v) is 6.01. The molecule has 0 fully saturated rings. The van der Waals surface area contributed by atoms with Crippen LogP contribution in [0.3, 0.4) is 0 Å². The lowest BCUT2D eigenvalue weighted by Crippen LogP contribution is -2.41. The molecule has 1 aromatic heterocycles. The van der Waals surface area contributed by atoms with E-state index in [-0.39, 0.29) is 6.54 Å². The number of rotatable bonds is 7. The predicted molar refractivity (Wildman–Crippen MR) is 88.3 cm³/mol. The van der Waals surface area contributed by atoms with E-state index in [4.69, 9.17) is 14.3 Å². The number of ether oxygens (including phenoxy) is 1. The third-order valence-electron chi connectivity index (χ3n) is 4.09. The highest BCUT2D eigenvalue weighted by molar-refractivity contribution is 5.64. The van der Waals surface area contributed by atoms with Crippen LogP contribution in [0, 0.1) is 0 Å². The molecule has 8 heteroatoms. The SMILES string of the molecule is O=C(O)NCC(O)CN1CCc2cc(OCc3cnco3)ccc2C1. The van der Waals surface area contributed by atoms with Gasteiger partial charge in [0.1, 0.15) is 12.4 Å². The highest BCUT2D eigenvalue weighted by Gasteiger charge is 2.19. The minimum absolute atomic E-state index is 0.0348. The number of aliphatic hydroxyl groups excluding tert-OH is 1. The Bertz CT molecular complexity index is 704.